The summed E-state index contributed by atoms with van der Waals surface area (Å²) < 4.78 is 29.8. The molecule has 1 N–H and O–H groups in total. The van der Waals surface area contributed by atoms with E-state index in [1.54, 1.807) is 31.3 Å². The zero-order valence-corrected chi connectivity index (χ0v) is 23.0. The summed E-state index contributed by atoms with van der Waals surface area (Å²) in [6.07, 6.45) is 2.59. The van der Waals surface area contributed by atoms with E-state index in [4.69, 9.17) is 11.6 Å². The lowest BCUT2D eigenvalue weighted by atomic mass is 9.94. The van der Waals surface area contributed by atoms with Crippen molar-refractivity contribution in [1.29, 1.82) is 0 Å². The van der Waals surface area contributed by atoms with Gasteiger partial charge in [-0.25, -0.2) is 17.5 Å². The number of nitrogens with one attached hydrogen (secondary N) is 1. The third-order valence-corrected chi connectivity index (χ3v) is 9.66. The molecule has 4 aromatic rings. The molecule has 0 radical (unpaired) electrons. The lowest BCUT2D eigenvalue weighted by Crippen LogP contribution is -2.38. The molecule has 1 atom stereocenters. The average Bonchev–Trinajstić information content (AvgIpc) is 3.27. The quantitative estimate of drug-likeness (QED) is 0.313. The fourth-order valence-electron chi connectivity index (χ4n) is 5.48. The van der Waals surface area contributed by atoms with Crippen molar-refractivity contribution in [2.24, 2.45) is 0 Å². The summed E-state index contributed by atoms with van der Waals surface area (Å²) in [5.41, 5.74) is 2.82. The van der Waals surface area contributed by atoms with Crippen LogP contribution >= 0.6 is 11.6 Å². The number of likely N-dealkylation sites (tertiary alicyclic amines) is 1. The summed E-state index contributed by atoms with van der Waals surface area (Å²) in [5, 5.41) is 0.644. The van der Waals surface area contributed by atoms with Gasteiger partial charge in [0.2, 0.25) is 10.0 Å². The van der Waals surface area contributed by atoms with Crippen LogP contribution in [0.15, 0.2) is 88.6 Å². The van der Waals surface area contributed by atoms with E-state index in [0.717, 1.165) is 55.5 Å². The molecule has 3 aromatic carbocycles. The third kappa shape index (κ3) is 5.73. The van der Waals surface area contributed by atoms with Gasteiger partial charge in [0.05, 0.1) is 15.9 Å². The zero-order chi connectivity index (χ0) is 26.7. The van der Waals surface area contributed by atoms with Gasteiger partial charge in [-0.15, -0.1) is 0 Å². The molecule has 0 amide bonds. The number of rotatable bonds is 9. The number of aromatic amines is 1. The number of sulfonamides is 1. The van der Waals surface area contributed by atoms with Crippen LogP contribution in [0.25, 0.3) is 11.0 Å². The molecule has 0 spiro atoms. The van der Waals surface area contributed by atoms with Crippen LogP contribution in [0.1, 0.15) is 36.8 Å². The maximum absolute atomic E-state index is 13.2. The Morgan fingerprint density at radius 2 is 1.71 bits per heavy atom. The van der Waals surface area contributed by atoms with Crippen LogP contribution in [-0.4, -0.2) is 60.4 Å². The summed E-state index contributed by atoms with van der Waals surface area (Å²) in [6, 6.07) is 24.3. The Morgan fingerprint density at radius 3 is 2.45 bits per heavy atom. The SMILES string of the molecule is CN(C[C@@H](CCN1CCC(n2c(=O)[nH]c3ccccc32)CC1)c1cccc(Cl)c1)S(=O)(=O)c1ccccc1. The Hall–Kier alpha value is -2.91. The van der Waals surface area contributed by atoms with Gasteiger partial charge in [0, 0.05) is 37.7 Å². The number of nitrogens with zero attached hydrogens (tertiary/aromatic N) is 3. The van der Waals surface area contributed by atoms with E-state index in [1.165, 1.54) is 4.31 Å². The first kappa shape index (κ1) is 26.7. The molecular formula is C29H33ClN4O3S. The van der Waals surface area contributed by atoms with Crippen molar-refractivity contribution in [3.63, 3.8) is 0 Å². The van der Waals surface area contributed by atoms with Gasteiger partial charge in [-0.3, -0.25) is 4.57 Å². The van der Waals surface area contributed by atoms with Crippen LogP contribution in [0.3, 0.4) is 0 Å². The first-order chi connectivity index (χ1) is 18.3. The van der Waals surface area contributed by atoms with Crippen molar-refractivity contribution >= 4 is 32.7 Å². The Kier molecular flexibility index (Phi) is 8.04. The molecule has 0 unspecified atom stereocenters. The second kappa shape index (κ2) is 11.5. The molecule has 2 heterocycles. The number of hydrogen-bond donors (Lipinski definition) is 1. The molecule has 38 heavy (non-hydrogen) atoms. The summed E-state index contributed by atoms with van der Waals surface area (Å²) >= 11 is 6.31. The highest BCUT2D eigenvalue weighted by atomic mass is 35.5. The molecule has 0 aliphatic carbocycles. The molecule has 7 nitrogen and oxygen atoms in total. The lowest BCUT2D eigenvalue weighted by Gasteiger charge is -2.34. The standard InChI is InChI=1S/C29H33ClN4O3S/c1-32(38(36,37)26-10-3-2-4-11-26)21-23(22-8-7-9-24(30)20-22)14-17-33-18-15-25(16-19-33)34-28-13-6-5-12-27(28)31-29(34)35/h2-13,20,23,25H,14-19,21H2,1H3,(H,31,35)/t23-/m1/s1. The molecular weight excluding hydrogens is 520 g/mol. The molecule has 1 saturated heterocycles. The minimum absolute atomic E-state index is 0.00820. The highest BCUT2D eigenvalue weighted by molar-refractivity contribution is 7.89. The van der Waals surface area contributed by atoms with Crippen molar-refractivity contribution < 1.29 is 8.42 Å². The number of para-hydroxylation sites is 2. The first-order valence-electron chi connectivity index (χ1n) is 13.0. The fourth-order valence-corrected chi connectivity index (χ4v) is 6.92. The van der Waals surface area contributed by atoms with Gasteiger partial charge >= 0.3 is 5.69 Å². The average molecular weight is 553 g/mol. The largest absolute Gasteiger partial charge is 0.326 e. The van der Waals surface area contributed by atoms with Gasteiger partial charge < -0.3 is 9.88 Å². The van der Waals surface area contributed by atoms with Crippen molar-refractivity contribution in [2.45, 2.75) is 36.1 Å². The van der Waals surface area contributed by atoms with Crippen molar-refractivity contribution in [2.75, 3.05) is 33.2 Å². The van der Waals surface area contributed by atoms with E-state index in [1.807, 2.05) is 59.2 Å². The van der Waals surface area contributed by atoms with Gasteiger partial charge in [-0.05, 0) is 73.7 Å². The third-order valence-electron chi connectivity index (χ3n) is 7.59. The molecule has 0 bridgehead atoms. The molecule has 1 aliphatic rings. The monoisotopic (exact) mass is 552 g/mol. The van der Waals surface area contributed by atoms with E-state index in [0.29, 0.717) is 16.5 Å². The number of likely N-dealkylation sites (N-methyl/N-ethyl adjacent to an activating group) is 1. The molecule has 1 aliphatic heterocycles. The van der Waals surface area contributed by atoms with Gasteiger partial charge in [0.25, 0.3) is 0 Å². The van der Waals surface area contributed by atoms with E-state index in [-0.39, 0.29) is 17.6 Å². The number of fused-ring (bicyclic) bond motifs is 1. The lowest BCUT2D eigenvalue weighted by molar-refractivity contribution is 0.180. The Labute approximate surface area is 228 Å². The topological polar surface area (TPSA) is 78.4 Å². The zero-order valence-electron chi connectivity index (χ0n) is 21.5. The summed E-state index contributed by atoms with van der Waals surface area (Å²) in [6.45, 7) is 2.97. The number of piperidine rings is 1. The number of halogens is 1. The van der Waals surface area contributed by atoms with Crippen LogP contribution in [0.5, 0.6) is 0 Å². The summed E-state index contributed by atoms with van der Waals surface area (Å²) in [7, 11) is -1.96. The van der Waals surface area contributed by atoms with Crippen LogP contribution in [-0.2, 0) is 10.0 Å². The smallest absolute Gasteiger partial charge is 0.306 e. The van der Waals surface area contributed by atoms with Gasteiger partial charge in [-0.2, -0.15) is 0 Å². The number of aromatic nitrogens is 2. The second-order valence-corrected chi connectivity index (χ2v) is 12.5. The van der Waals surface area contributed by atoms with Crippen molar-refractivity contribution in [3.05, 3.63) is 99.9 Å². The predicted octanol–water partition coefficient (Wildman–Crippen LogP) is 5.11. The summed E-state index contributed by atoms with van der Waals surface area (Å²) in [4.78, 5) is 18.3. The van der Waals surface area contributed by atoms with Crippen molar-refractivity contribution in [3.8, 4) is 0 Å². The van der Waals surface area contributed by atoms with E-state index >= 15 is 0 Å². The number of benzene rings is 3. The van der Waals surface area contributed by atoms with Crippen LogP contribution in [0.4, 0.5) is 0 Å². The highest BCUT2D eigenvalue weighted by Crippen LogP contribution is 2.29. The maximum Gasteiger partial charge on any atom is 0.326 e. The number of imidazole rings is 1. The maximum atomic E-state index is 13.2. The van der Waals surface area contributed by atoms with Crippen LogP contribution in [0.2, 0.25) is 5.02 Å². The van der Waals surface area contributed by atoms with Gasteiger partial charge in [0.1, 0.15) is 0 Å². The van der Waals surface area contributed by atoms with E-state index in [9.17, 15) is 13.2 Å². The minimum atomic E-state index is -3.60. The molecule has 1 fully saturated rings. The van der Waals surface area contributed by atoms with Crippen LogP contribution < -0.4 is 5.69 Å². The van der Waals surface area contributed by atoms with E-state index in [2.05, 4.69) is 9.88 Å². The van der Waals surface area contributed by atoms with Gasteiger partial charge in [-0.1, -0.05) is 54.1 Å². The predicted molar refractivity (Wildman–Crippen MR) is 152 cm³/mol. The summed E-state index contributed by atoms with van der Waals surface area (Å²) in [5.74, 6) is -0.00820. The second-order valence-electron chi connectivity index (χ2n) is 10.0. The highest BCUT2D eigenvalue weighted by Gasteiger charge is 2.27. The Morgan fingerprint density at radius 1 is 1.00 bits per heavy atom. The fraction of sp³-hybridized carbons (Fsp3) is 0.345. The number of H-pyrrole nitrogens is 1. The molecule has 1 aromatic heterocycles. The molecule has 5 rings (SSSR count). The van der Waals surface area contributed by atoms with Gasteiger partial charge in [0.15, 0.2) is 0 Å². The Bertz CT molecular complexity index is 1540. The minimum Gasteiger partial charge on any atom is -0.306 e. The number of hydrogen-bond acceptors (Lipinski definition) is 4. The molecule has 200 valence electrons. The van der Waals surface area contributed by atoms with Crippen molar-refractivity contribution in [1.82, 2.24) is 18.8 Å². The first-order valence-corrected chi connectivity index (χ1v) is 14.8. The normalized spacial score (nSPS) is 16.3. The Balaban J connectivity index is 1.26. The van der Waals surface area contributed by atoms with E-state index < -0.39 is 10.0 Å². The molecule has 0 saturated carbocycles. The van der Waals surface area contributed by atoms with Crippen LogP contribution in [0, 0.1) is 0 Å². The molecule has 9 heteroatoms.